The molecule has 0 aliphatic heterocycles. The molecule has 0 heterocycles. The lowest BCUT2D eigenvalue weighted by Gasteiger charge is -2.30. The third-order valence-corrected chi connectivity index (χ3v) is 4.24. The van der Waals surface area contributed by atoms with Crippen molar-refractivity contribution < 1.29 is 14.3 Å². The van der Waals surface area contributed by atoms with Crippen LogP contribution in [0.5, 0.6) is 0 Å². The fraction of sp³-hybridized carbons (Fsp3) is 0.562. The number of aliphatic hydroxyl groups is 1. The second kappa shape index (κ2) is 7.39. The first kappa shape index (κ1) is 16.6. The van der Waals surface area contributed by atoms with E-state index in [1.54, 1.807) is 25.1 Å². The first-order chi connectivity index (χ1) is 9.49. The normalized spacial score (nSPS) is 13.1. The molecule has 20 heavy (non-hydrogen) atoms. The minimum absolute atomic E-state index is 0.0361. The lowest BCUT2D eigenvalue weighted by molar-refractivity contribution is -0.123. The Morgan fingerprint density at radius 2 is 1.95 bits per heavy atom. The van der Waals surface area contributed by atoms with Crippen molar-refractivity contribution >= 4 is 5.91 Å². The Bertz CT molecular complexity index is 436. The van der Waals surface area contributed by atoms with E-state index < -0.39 is 5.92 Å². The molecule has 112 valence electrons. The van der Waals surface area contributed by atoms with Gasteiger partial charge in [0.05, 0.1) is 12.5 Å². The van der Waals surface area contributed by atoms with Gasteiger partial charge in [0.2, 0.25) is 5.91 Å². The van der Waals surface area contributed by atoms with Crippen molar-refractivity contribution in [1.82, 2.24) is 5.32 Å². The van der Waals surface area contributed by atoms with Gasteiger partial charge in [-0.05, 0) is 31.4 Å². The molecule has 0 radical (unpaired) electrons. The maximum atomic E-state index is 13.7. The minimum atomic E-state index is -0.540. The van der Waals surface area contributed by atoms with Gasteiger partial charge in [-0.25, -0.2) is 4.39 Å². The molecule has 2 N–H and O–H groups in total. The van der Waals surface area contributed by atoms with E-state index in [1.807, 2.05) is 13.8 Å². The zero-order chi connectivity index (χ0) is 15.2. The predicted molar refractivity (Wildman–Crippen MR) is 77.9 cm³/mol. The summed E-state index contributed by atoms with van der Waals surface area (Å²) in [5, 5.41) is 12.3. The molecule has 4 heteroatoms. The predicted octanol–water partition coefficient (Wildman–Crippen LogP) is 2.84. The smallest absolute Gasteiger partial charge is 0.227 e. The number of nitrogens with one attached hydrogen (secondary N) is 1. The van der Waals surface area contributed by atoms with Gasteiger partial charge in [0.15, 0.2) is 0 Å². The zero-order valence-corrected chi connectivity index (χ0v) is 12.4. The summed E-state index contributed by atoms with van der Waals surface area (Å²) in [5.74, 6) is -1.12. The standard InChI is InChI=1S/C16H24FNO2/c1-4-16(5-2,11-19)10-18-15(20)12(3)13-8-6-7-9-14(13)17/h6-9,12,19H,4-5,10-11H2,1-3H3,(H,18,20). The van der Waals surface area contributed by atoms with Crippen LogP contribution >= 0.6 is 0 Å². The van der Waals surface area contributed by atoms with Gasteiger partial charge in [-0.15, -0.1) is 0 Å². The number of carbonyl (C=O) groups is 1. The van der Waals surface area contributed by atoms with Crippen LogP contribution in [0.15, 0.2) is 24.3 Å². The van der Waals surface area contributed by atoms with Gasteiger partial charge in [-0.2, -0.15) is 0 Å². The van der Waals surface area contributed by atoms with Crippen LogP contribution in [0, 0.1) is 11.2 Å². The van der Waals surface area contributed by atoms with Gasteiger partial charge in [-0.3, -0.25) is 4.79 Å². The second-order valence-corrected chi connectivity index (χ2v) is 5.33. The van der Waals surface area contributed by atoms with Crippen molar-refractivity contribution in [1.29, 1.82) is 0 Å². The number of hydrogen-bond donors (Lipinski definition) is 2. The molecule has 0 saturated carbocycles. The van der Waals surface area contributed by atoms with Crippen molar-refractivity contribution in [3.05, 3.63) is 35.6 Å². The first-order valence-corrected chi connectivity index (χ1v) is 7.12. The Balaban J connectivity index is 2.70. The summed E-state index contributed by atoms with van der Waals surface area (Å²) in [4.78, 5) is 12.1. The molecule has 1 amide bonds. The molecule has 1 unspecified atom stereocenters. The van der Waals surface area contributed by atoms with E-state index in [-0.39, 0.29) is 23.7 Å². The summed E-state index contributed by atoms with van der Waals surface area (Å²) in [6, 6.07) is 6.31. The summed E-state index contributed by atoms with van der Waals surface area (Å²) < 4.78 is 13.7. The Kier molecular flexibility index (Phi) is 6.14. The Labute approximate surface area is 120 Å². The summed E-state index contributed by atoms with van der Waals surface area (Å²) in [6.45, 7) is 6.12. The van der Waals surface area contributed by atoms with Crippen LogP contribution in [-0.2, 0) is 4.79 Å². The van der Waals surface area contributed by atoms with E-state index in [0.29, 0.717) is 12.1 Å². The molecule has 0 bridgehead atoms. The van der Waals surface area contributed by atoms with E-state index in [9.17, 15) is 14.3 Å². The van der Waals surface area contributed by atoms with Crippen LogP contribution < -0.4 is 5.32 Å². The summed E-state index contributed by atoms with van der Waals surface area (Å²) in [7, 11) is 0. The van der Waals surface area contributed by atoms with Gasteiger partial charge >= 0.3 is 0 Å². The van der Waals surface area contributed by atoms with E-state index in [0.717, 1.165) is 12.8 Å². The number of amides is 1. The number of aliphatic hydroxyl groups excluding tert-OH is 1. The van der Waals surface area contributed by atoms with Crippen LogP contribution in [-0.4, -0.2) is 24.2 Å². The quantitative estimate of drug-likeness (QED) is 0.807. The molecule has 0 aliphatic rings. The molecule has 3 nitrogen and oxygen atoms in total. The Morgan fingerprint density at radius 3 is 2.45 bits per heavy atom. The SMILES string of the molecule is CCC(CC)(CO)CNC(=O)C(C)c1ccccc1F. The average Bonchev–Trinajstić information content (AvgIpc) is 2.49. The summed E-state index contributed by atoms with van der Waals surface area (Å²) in [5.41, 5.74) is 0.109. The van der Waals surface area contributed by atoms with E-state index in [2.05, 4.69) is 5.32 Å². The van der Waals surface area contributed by atoms with Gasteiger partial charge in [0.25, 0.3) is 0 Å². The highest BCUT2D eigenvalue weighted by molar-refractivity contribution is 5.83. The molecule has 0 fully saturated rings. The third-order valence-electron chi connectivity index (χ3n) is 4.24. The van der Waals surface area contributed by atoms with Crippen molar-refractivity contribution in [3.63, 3.8) is 0 Å². The number of rotatable bonds is 7. The lowest BCUT2D eigenvalue weighted by atomic mass is 9.83. The van der Waals surface area contributed by atoms with Crippen molar-refractivity contribution in [3.8, 4) is 0 Å². The average molecular weight is 281 g/mol. The van der Waals surface area contributed by atoms with Gasteiger partial charge < -0.3 is 10.4 Å². The molecule has 0 saturated heterocycles. The van der Waals surface area contributed by atoms with Gasteiger partial charge in [-0.1, -0.05) is 32.0 Å². The van der Waals surface area contributed by atoms with Crippen molar-refractivity contribution in [2.24, 2.45) is 5.41 Å². The first-order valence-electron chi connectivity index (χ1n) is 7.12. The largest absolute Gasteiger partial charge is 0.396 e. The monoisotopic (exact) mass is 281 g/mol. The topological polar surface area (TPSA) is 49.3 Å². The fourth-order valence-electron chi connectivity index (χ4n) is 2.17. The molecule has 1 atom stereocenters. The maximum Gasteiger partial charge on any atom is 0.227 e. The number of hydrogen-bond acceptors (Lipinski definition) is 2. The van der Waals surface area contributed by atoms with Crippen molar-refractivity contribution in [2.75, 3.05) is 13.2 Å². The van der Waals surface area contributed by atoms with E-state index in [4.69, 9.17) is 0 Å². The maximum absolute atomic E-state index is 13.7. The zero-order valence-electron chi connectivity index (χ0n) is 12.4. The molecule has 1 aromatic rings. The van der Waals surface area contributed by atoms with Crippen LogP contribution in [0.3, 0.4) is 0 Å². The highest BCUT2D eigenvalue weighted by atomic mass is 19.1. The number of benzene rings is 1. The fourth-order valence-corrected chi connectivity index (χ4v) is 2.17. The molecule has 0 aliphatic carbocycles. The second-order valence-electron chi connectivity index (χ2n) is 5.33. The van der Waals surface area contributed by atoms with Crippen LogP contribution in [0.1, 0.15) is 45.1 Å². The van der Waals surface area contributed by atoms with E-state index in [1.165, 1.54) is 6.07 Å². The highest BCUT2D eigenvalue weighted by Gasteiger charge is 2.27. The third kappa shape index (κ3) is 3.79. The number of carbonyl (C=O) groups excluding carboxylic acids is 1. The Hall–Kier alpha value is -1.42. The van der Waals surface area contributed by atoms with Crippen molar-refractivity contribution in [2.45, 2.75) is 39.5 Å². The summed E-state index contributed by atoms with van der Waals surface area (Å²) in [6.07, 6.45) is 1.57. The highest BCUT2D eigenvalue weighted by Crippen LogP contribution is 2.25. The molecule has 1 rings (SSSR count). The van der Waals surface area contributed by atoms with Crippen LogP contribution in [0.2, 0.25) is 0 Å². The molecule has 1 aromatic carbocycles. The van der Waals surface area contributed by atoms with E-state index >= 15 is 0 Å². The Morgan fingerprint density at radius 1 is 1.35 bits per heavy atom. The van der Waals surface area contributed by atoms with Gasteiger partial charge in [0, 0.05) is 12.0 Å². The molecule has 0 aromatic heterocycles. The molecular formula is C16H24FNO2. The lowest BCUT2D eigenvalue weighted by Crippen LogP contribution is -2.40. The molecule has 0 spiro atoms. The summed E-state index contributed by atoms with van der Waals surface area (Å²) >= 11 is 0. The number of halogens is 1. The molecular weight excluding hydrogens is 257 g/mol. The van der Waals surface area contributed by atoms with Crippen LogP contribution in [0.4, 0.5) is 4.39 Å². The van der Waals surface area contributed by atoms with Crippen LogP contribution in [0.25, 0.3) is 0 Å². The minimum Gasteiger partial charge on any atom is -0.396 e. The van der Waals surface area contributed by atoms with Gasteiger partial charge in [0.1, 0.15) is 5.82 Å².